The standard InChI is InChI=1S/C13H16F2N2O.ClH/c14-11-3-2-8(6-12(11)15)9-7-10(9)13(18)17-5-1-4-16;/h2-3,6,9-10H,1,4-5,7,16H2,(H,17,18);1H. The van der Waals surface area contributed by atoms with Crippen LogP contribution in [-0.4, -0.2) is 19.0 Å². The van der Waals surface area contributed by atoms with Crippen molar-refractivity contribution in [3.05, 3.63) is 35.4 Å². The Morgan fingerprint density at radius 1 is 1.37 bits per heavy atom. The molecule has 0 aromatic heterocycles. The number of carbonyl (C=O) groups is 1. The molecule has 6 heteroatoms. The van der Waals surface area contributed by atoms with Gasteiger partial charge in [-0.3, -0.25) is 4.79 Å². The summed E-state index contributed by atoms with van der Waals surface area (Å²) in [7, 11) is 0. The summed E-state index contributed by atoms with van der Waals surface area (Å²) in [6, 6.07) is 3.82. The van der Waals surface area contributed by atoms with Crippen LogP contribution in [0.4, 0.5) is 8.78 Å². The number of hydrogen-bond donors (Lipinski definition) is 2. The van der Waals surface area contributed by atoms with E-state index in [9.17, 15) is 13.6 Å². The first-order valence-corrected chi connectivity index (χ1v) is 6.06. The molecule has 3 N–H and O–H groups in total. The van der Waals surface area contributed by atoms with Gasteiger partial charge in [-0.05, 0) is 43.0 Å². The molecule has 19 heavy (non-hydrogen) atoms. The number of amides is 1. The van der Waals surface area contributed by atoms with Gasteiger partial charge >= 0.3 is 0 Å². The van der Waals surface area contributed by atoms with Crippen molar-refractivity contribution in [3.8, 4) is 0 Å². The van der Waals surface area contributed by atoms with Gasteiger partial charge in [-0.25, -0.2) is 8.78 Å². The summed E-state index contributed by atoms with van der Waals surface area (Å²) in [6.45, 7) is 1.11. The van der Waals surface area contributed by atoms with Crippen molar-refractivity contribution >= 4 is 18.3 Å². The molecule has 0 bridgehead atoms. The molecule has 1 aliphatic carbocycles. The van der Waals surface area contributed by atoms with Gasteiger partial charge in [0.05, 0.1) is 0 Å². The van der Waals surface area contributed by atoms with Gasteiger partial charge in [-0.2, -0.15) is 0 Å². The van der Waals surface area contributed by atoms with Crippen LogP contribution in [0.5, 0.6) is 0 Å². The third-order valence-electron chi connectivity index (χ3n) is 3.18. The lowest BCUT2D eigenvalue weighted by atomic mass is 10.1. The summed E-state index contributed by atoms with van der Waals surface area (Å²) in [5.41, 5.74) is 6.01. The minimum Gasteiger partial charge on any atom is -0.356 e. The molecule has 1 aromatic rings. The predicted octanol–water partition coefficient (Wildman–Crippen LogP) is 1.96. The van der Waals surface area contributed by atoms with Crippen LogP contribution < -0.4 is 11.1 Å². The first-order chi connectivity index (χ1) is 8.63. The zero-order valence-corrected chi connectivity index (χ0v) is 11.2. The summed E-state index contributed by atoms with van der Waals surface area (Å²) in [5.74, 6) is -1.85. The van der Waals surface area contributed by atoms with Crippen LogP contribution in [0.3, 0.4) is 0 Å². The molecule has 1 saturated carbocycles. The number of nitrogens with one attached hydrogen (secondary N) is 1. The highest BCUT2D eigenvalue weighted by molar-refractivity contribution is 5.85. The maximum Gasteiger partial charge on any atom is 0.223 e. The van der Waals surface area contributed by atoms with Crippen LogP contribution in [0.15, 0.2) is 18.2 Å². The van der Waals surface area contributed by atoms with Crippen molar-refractivity contribution < 1.29 is 13.6 Å². The van der Waals surface area contributed by atoms with E-state index in [1.54, 1.807) is 0 Å². The maximum atomic E-state index is 13.1. The first kappa shape index (κ1) is 15.9. The summed E-state index contributed by atoms with van der Waals surface area (Å²) in [4.78, 5) is 11.7. The Morgan fingerprint density at radius 3 is 2.74 bits per heavy atom. The third kappa shape index (κ3) is 3.88. The third-order valence-corrected chi connectivity index (χ3v) is 3.18. The van der Waals surface area contributed by atoms with E-state index >= 15 is 0 Å². The van der Waals surface area contributed by atoms with Gasteiger partial charge in [0.2, 0.25) is 5.91 Å². The summed E-state index contributed by atoms with van der Waals surface area (Å²) < 4.78 is 25.8. The van der Waals surface area contributed by atoms with Gasteiger partial charge in [-0.1, -0.05) is 6.07 Å². The van der Waals surface area contributed by atoms with Crippen LogP contribution in [0.1, 0.15) is 24.3 Å². The van der Waals surface area contributed by atoms with E-state index in [1.807, 2.05) is 0 Å². The lowest BCUT2D eigenvalue weighted by Gasteiger charge is -2.04. The number of benzene rings is 1. The van der Waals surface area contributed by atoms with E-state index in [-0.39, 0.29) is 30.2 Å². The minimum atomic E-state index is -0.860. The number of halogens is 3. The van der Waals surface area contributed by atoms with E-state index in [1.165, 1.54) is 12.1 Å². The van der Waals surface area contributed by atoms with Crippen molar-refractivity contribution in [1.29, 1.82) is 0 Å². The second kappa shape index (κ2) is 6.82. The van der Waals surface area contributed by atoms with Crippen molar-refractivity contribution in [2.45, 2.75) is 18.8 Å². The molecule has 1 amide bonds. The monoisotopic (exact) mass is 290 g/mol. The van der Waals surface area contributed by atoms with Gasteiger partial charge in [0.15, 0.2) is 11.6 Å². The molecule has 3 nitrogen and oxygen atoms in total. The van der Waals surface area contributed by atoms with Crippen LogP contribution in [-0.2, 0) is 4.79 Å². The second-order valence-corrected chi connectivity index (χ2v) is 4.56. The van der Waals surface area contributed by atoms with Crippen LogP contribution in [0, 0.1) is 17.6 Å². The number of rotatable bonds is 5. The van der Waals surface area contributed by atoms with Crippen LogP contribution in [0.25, 0.3) is 0 Å². The average Bonchev–Trinajstić information content (AvgIpc) is 3.13. The Labute approximate surface area is 117 Å². The Kier molecular flexibility index (Phi) is 5.69. The fourth-order valence-corrected chi connectivity index (χ4v) is 2.04. The Balaban J connectivity index is 0.00000180. The van der Waals surface area contributed by atoms with Crippen LogP contribution >= 0.6 is 12.4 Å². The van der Waals surface area contributed by atoms with Gasteiger partial charge in [-0.15, -0.1) is 12.4 Å². The lowest BCUT2D eigenvalue weighted by molar-refractivity contribution is -0.122. The molecule has 1 aromatic carbocycles. The molecule has 0 saturated heterocycles. The van der Waals surface area contributed by atoms with Crippen molar-refractivity contribution in [2.75, 3.05) is 13.1 Å². The average molecular weight is 291 g/mol. The molecule has 0 heterocycles. The minimum absolute atomic E-state index is 0. The Hall–Kier alpha value is -1.20. The lowest BCUT2D eigenvalue weighted by Crippen LogP contribution is -2.27. The van der Waals surface area contributed by atoms with E-state index in [4.69, 9.17) is 5.73 Å². The van der Waals surface area contributed by atoms with Crippen molar-refractivity contribution in [1.82, 2.24) is 5.32 Å². The molecule has 106 valence electrons. The fraction of sp³-hybridized carbons (Fsp3) is 0.462. The van der Waals surface area contributed by atoms with E-state index in [0.29, 0.717) is 25.1 Å². The predicted molar refractivity (Wildman–Crippen MR) is 71.1 cm³/mol. The van der Waals surface area contributed by atoms with Gasteiger partial charge in [0, 0.05) is 12.5 Å². The quantitative estimate of drug-likeness (QED) is 0.815. The molecule has 0 aliphatic heterocycles. The Bertz CT molecular complexity index is 456. The normalized spacial score (nSPS) is 20.6. The summed E-state index contributed by atoms with van der Waals surface area (Å²) in [6.07, 6.45) is 1.44. The van der Waals surface area contributed by atoms with E-state index < -0.39 is 11.6 Å². The van der Waals surface area contributed by atoms with Crippen molar-refractivity contribution in [2.24, 2.45) is 11.7 Å². The molecule has 0 radical (unpaired) electrons. The fourth-order valence-electron chi connectivity index (χ4n) is 2.04. The highest BCUT2D eigenvalue weighted by Gasteiger charge is 2.43. The largest absolute Gasteiger partial charge is 0.356 e. The maximum absolute atomic E-state index is 13.1. The number of carbonyl (C=O) groups excluding carboxylic acids is 1. The van der Waals surface area contributed by atoms with E-state index in [0.717, 1.165) is 12.5 Å². The van der Waals surface area contributed by atoms with Crippen molar-refractivity contribution in [3.63, 3.8) is 0 Å². The molecular weight excluding hydrogens is 274 g/mol. The molecule has 1 fully saturated rings. The summed E-state index contributed by atoms with van der Waals surface area (Å²) in [5, 5.41) is 2.78. The SMILES string of the molecule is Cl.NCCCNC(=O)C1CC1c1ccc(F)c(F)c1. The van der Waals surface area contributed by atoms with Gasteiger partial charge in [0.1, 0.15) is 0 Å². The highest BCUT2D eigenvalue weighted by atomic mass is 35.5. The molecule has 1 aliphatic rings. The molecule has 2 rings (SSSR count). The molecule has 2 atom stereocenters. The zero-order chi connectivity index (χ0) is 13.1. The van der Waals surface area contributed by atoms with Gasteiger partial charge in [0.25, 0.3) is 0 Å². The Morgan fingerprint density at radius 2 is 2.11 bits per heavy atom. The first-order valence-electron chi connectivity index (χ1n) is 6.06. The highest BCUT2D eigenvalue weighted by Crippen LogP contribution is 2.47. The number of hydrogen-bond acceptors (Lipinski definition) is 2. The second-order valence-electron chi connectivity index (χ2n) is 4.56. The molecular formula is C13H17ClF2N2O. The molecule has 0 spiro atoms. The van der Waals surface area contributed by atoms with E-state index in [2.05, 4.69) is 5.32 Å². The molecule has 2 unspecified atom stereocenters. The zero-order valence-electron chi connectivity index (χ0n) is 10.4. The summed E-state index contributed by atoms with van der Waals surface area (Å²) >= 11 is 0. The smallest absolute Gasteiger partial charge is 0.223 e. The van der Waals surface area contributed by atoms with Crippen LogP contribution in [0.2, 0.25) is 0 Å². The number of nitrogens with two attached hydrogens (primary N) is 1. The topological polar surface area (TPSA) is 55.1 Å². The van der Waals surface area contributed by atoms with Gasteiger partial charge < -0.3 is 11.1 Å².